The van der Waals surface area contributed by atoms with Crippen molar-refractivity contribution in [2.45, 2.75) is 13.8 Å². The van der Waals surface area contributed by atoms with Gasteiger partial charge in [0.15, 0.2) is 11.6 Å². The highest BCUT2D eigenvalue weighted by Gasteiger charge is 2.18. The minimum absolute atomic E-state index is 0.323. The highest BCUT2D eigenvalue weighted by atomic mass is 19.1. The van der Waals surface area contributed by atoms with Gasteiger partial charge in [-0.15, -0.1) is 5.10 Å². The number of hydrogen-bond donors (Lipinski definition) is 1. The number of hydrogen-bond acceptors (Lipinski definition) is 6. The highest BCUT2D eigenvalue weighted by Crippen LogP contribution is 2.17. The van der Waals surface area contributed by atoms with Crippen LogP contribution < -0.4 is 10.2 Å². The van der Waals surface area contributed by atoms with Crippen LogP contribution in [0.4, 0.5) is 10.2 Å². The summed E-state index contributed by atoms with van der Waals surface area (Å²) in [5.74, 6) is 1.58. The Labute approximate surface area is 115 Å². The van der Waals surface area contributed by atoms with Crippen molar-refractivity contribution < 1.29 is 4.39 Å². The fourth-order valence-corrected chi connectivity index (χ4v) is 2.26. The SMILES string of the molecule is Cc1nc(C)n(-c2ncc(F)c(N3CCNCC3)n2)n1. The van der Waals surface area contributed by atoms with E-state index >= 15 is 0 Å². The second-order valence-electron chi connectivity index (χ2n) is 4.70. The Bertz CT molecular complexity index is 618. The van der Waals surface area contributed by atoms with E-state index in [0.29, 0.717) is 23.4 Å². The van der Waals surface area contributed by atoms with Gasteiger partial charge in [0, 0.05) is 26.2 Å². The first-order valence-corrected chi connectivity index (χ1v) is 6.54. The van der Waals surface area contributed by atoms with Crippen LogP contribution in [-0.2, 0) is 0 Å². The Morgan fingerprint density at radius 3 is 2.60 bits per heavy atom. The van der Waals surface area contributed by atoms with Crippen LogP contribution in [0.5, 0.6) is 0 Å². The Balaban J connectivity index is 1.99. The first-order valence-electron chi connectivity index (χ1n) is 6.54. The third-order valence-corrected chi connectivity index (χ3v) is 3.19. The lowest BCUT2D eigenvalue weighted by Crippen LogP contribution is -2.44. The highest BCUT2D eigenvalue weighted by molar-refractivity contribution is 5.41. The zero-order valence-corrected chi connectivity index (χ0v) is 11.5. The quantitative estimate of drug-likeness (QED) is 0.847. The summed E-state index contributed by atoms with van der Waals surface area (Å²) in [5, 5.41) is 7.45. The maximum absolute atomic E-state index is 13.9. The molecule has 0 aromatic carbocycles. The predicted octanol–water partition coefficient (Wildman–Crippen LogP) is 0.223. The minimum atomic E-state index is -0.412. The monoisotopic (exact) mass is 277 g/mol. The number of rotatable bonds is 2. The second kappa shape index (κ2) is 5.12. The number of anilines is 1. The van der Waals surface area contributed by atoms with Crippen molar-refractivity contribution in [3.8, 4) is 5.95 Å². The number of halogens is 1. The Kier molecular flexibility index (Phi) is 3.31. The molecule has 2 aromatic rings. The number of aryl methyl sites for hydroxylation is 2. The molecule has 1 aliphatic rings. The second-order valence-corrected chi connectivity index (χ2v) is 4.70. The number of aromatic nitrogens is 5. The zero-order chi connectivity index (χ0) is 14.1. The van der Waals surface area contributed by atoms with Gasteiger partial charge in [0.1, 0.15) is 11.6 Å². The zero-order valence-electron chi connectivity index (χ0n) is 11.5. The standard InChI is InChI=1S/C12H16FN7/c1-8-16-9(2)20(18-8)12-15-7-10(13)11(17-12)19-5-3-14-4-6-19/h7,14H,3-6H2,1-2H3. The van der Waals surface area contributed by atoms with Crippen molar-refractivity contribution in [1.82, 2.24) is 30.0 Å². The van der Waals surface area contributed by atoms with Gasteiger partial charge in [-0.3, -0.25) is 0 Å². The van der Waals surface area contributed by atoms with Crippen molar-refractivity contribution in [3.05, 3.63) is 23.7 Å². The molecule has 8 heteroatoms. The van der Waals surface area contributed by atoms with Gasteiger partial charge in [0.25, 0.3) is 5.95 Å². The first kappa shape index (κ1) is 12.9. The summed E-state index contributed by atoms with van der Waals surface area (Å²) in [5.41, 5.74) is 0. The summed E-state index contributed by atoms with van der Waals surface area (Å²) in [6.45, 7) is 6.70. The molecule has 0 spiro atoms. The van der Waals surface area contributed by atoms with Gasteiger partial charge >= 0.3 is 0 Å². The summed E-state index contributed by atoms with van der Waals surface area (Å²) < 4.78 is 15.5. The Morgan fingerprint density at radius 1 is 1.20 bits per heavy atom. The van der Waals surface area contributed by atoms with E-state index in [1.807, 2.05) is 11.8 Å². The van der Waals surface area contributed by atoms with Gasteiger partial charge in [-0.2, -0.15) is 9.67 Å². The van der Waals surface area contributed by atoms with Crippen molar-refractivity contribution in [2.75, 3.05) is 31.1 Å². The minimum Gasteiger partial charge on any atom is -0.351 e. The van der Waals surface area contributed by atoms with E-state index in [0.717, 1.165) is 26.2 Å². The molecule has 7 nitrogen and oxygen atoms in total. The van der Waals surface area contributed by atoms with E-state index in [1.54, 1.807) is 6.92 Å². The largest absolute Gasteiger partial charge is 0.351 e. The van der Waals surface area contributed by atoms with Gasteiger partial charge in [-0.25, -0.2) is 14.4 Å². The maximum Gasteiger partial charge on any atom is 0.254 e. The Morgan fingerprint density at radius 2 is 1.95 bits per heavy atom. The van der Waals surface area contributed by atoms with Gasteiger partial charge in [-0.05, 0) is 13.8 Å². The normalized spacial score (nSPS) is 15.7. The van der Waals surface area contributed by atoms with Crippen LogP contribution in [0.3, 0.4) is 0 Å². The van der Waals surface area contributed by atoms with E-state index in [1.165, 1.54) is 10.9 Å². The van der Waals surface area contributed by atoms with Crippen LogP contribution in [0.1, 0.15) is 11.6 Å². The van der Waals surface area contributed by atoms with Crippen LogP contribution >= 0.6 is 0 Å². The number of nitrogens with zero attached hydrogens (tertiary/aromatic N) is 6. The molecule has 2 aromatic heterocycles. The van der Waals surface area contributed by atoms with E-state index in [4.69, 9.17) is 0 Å². The summed E-state index contributed by atoms with van der Waals surface area (Å²) in [7, 11) is 0. The van der Waals surface area contributed by atoms with Gasteiger partial charge in [-0.1, -0.05) is 0 Å². The lowest BCUT2D eigenvalue weighted by molar-refractivity contribution is 0.552. The molecule has 0 amide bonds. The summed E-state index contributed by atoms with van der Waals surface area (Å²) in [4.78, 5) is 14.4. The summed E-state index contributed by atoms with van der Waals surface area (Å²) >= 11 is 0. The molecule has 0 saturated carbocycles. The van der Waals surface area contributed by atoms with Crippen molar-refractivity contribution in [1.29, 1.82) is 0 Å². The molecule has 1 fully saturated rings. The molecule has 1 saturated heterocycles. The molecule has 1 N–H and O–H groups in total. The van der Waals surface area contributed by atoms with E-state index in [9.17, 15) is 4.39 Å². The van der Waals surface area contributed by atoms with Crippen LogP contribution in [-0.4, -0.2) is 50.9 Å². The third kappa shape index (κ3) is 2.34. The molecule has 0 bridgehead atoms. The molecule has 20 heavy (non-hydrogen) atoms. The maximum atomic E-state index is 13.9. The van der Waals surface area contributed by atoms with Crippen LogP contribution in [0.15, 0.2) is 6.20 Å². The van der Waals surface area contributed by atoms with Gasteiger partial charge < -0.3 is 10.2 Å². The smallest absolute Gasteiger partial charge is 0.254 e. The van der Waals surface area contributed by atoms with Crippen molar-refractivity contribution >= 4 is 5.82 Å². The molecule has 0 aliphatic carbocycles. The van der Waals surface area contributed by atoms with E-state index < -0.39 is 5.82 Å². The molecular formula is C12H16FN7. The average molecular weight is 277 g/mol. The summed E-state index contributed by atoms with van der Waals surface area (Å²) in [6, 6.07) is 0. The topological polar surface area (TPSA) is 71.8 Å². The van der Waals surface area contributed by atoms with E-state index in [2.05, 4.69) is 25.4 Å². The first-order chi connectivity index (χ1) is 9.65. The number of nitrogens with one attached hydrogen (secondary N) is 1. The van der Waals surface area contributed by atoms with Gasteiger partial charge in [0.05, 0.1) is 6.20 Å². The lowest BCUT2D eigenvalue weighted by atomic mass is 10.3. The average Bonchev–Trinajstić information content (AvgIpc) is 2.79. The molecule has 3 rings (SSSR count). The number of piperazine rings is 1. The van der Waals surface area contributed by atoms with Crippen LogP contribution in [0.2, 0.25) is 0 Å². The van der Waals surface area contributed by atoms with E-state index in [-0.39, 0.29) is 0 Å². The third-order valence-electron chi connectivity index (χ3n) is 3.19. The summed E-state index contributed by atoms with van der Waals surface area (Å²) in [6.07, 6.45) is 1.19. The predicted molar refractivity (Wildman–Crippen MR) is 71.5 cm³/mol. The molecule has 3 heterocycles. The lowest BCUT2D eigenvalue weighted by Gasteiger charge is -2.28. The molecule has 0 atom stereocenters. The van der Waals surface area contributed by atoms with Crippen LogP contribution in [0.25, 0.3) is 5.95 Å². The van der Waals surface area contributed by atoms with Crippen molar-refractivity contribution in [2.24, 2.45) is 0 Å². The molecular weight excluding hydrogens is 261 g/mol. The molecule has 0 unspecified atom stereocenters. The molecule has 0 radical (unpaired) electrons. The van der Waals surface area contributed by atoms with Crippen molar-refractivity contribution in [3.63, 3.8) is 0 Å². The molecule has 106 valence electrons. The van der Waals surface area contributed by atoms with Gasteiger partial charge in [0.2, 0.25) is 0 Å². The van der Waals surface area contributed by atoms with Crippen LogP contribution in [0, 0.1) is 19.7 Å². The Hall–Kier alpha value is -2.09. The fraction of sp³-hybridized carbons (Fsp3) is 0.500. The molecule has 1 aliphatic heterocycles. The fourth-order valence-electron chi connectivity index (χ4n) is 2.26.